The van der Waals surface area contributed by atoms with Gasteiger partial charge in [0.1, 0.15) is 38.7 Å². The molecule has 0 spiro atoms. The van der Waals surface area contributed by atoms with Gasteiger partial charge in [-0.15, -0.1) is 22.7 Å². The van der Waals surface area contributed by atoms with Gasteiger partial charge < -0.3 is 23.9 Å². The third-order valence-corrected chi connectivity index (χ3v) is 7.53. The number of thiophene rings is 1. The molecule has 3 aromatic heterocycles. The number of esters is 2. The van der Waals surface area contributed by atoms with E-state index < -0.39 is 17.6 Å². The zero-order valence-corrected chi connectivity index (χ0v) is 22.9. The van der Waals surface area contributed by atoms with Crippen molar-refractivity contribution in [1.82, 2.24) is 4.98 Å². The molecule has 12 heteroatoms. The fourth-order valence-corrected chi connectivity index (χ4v) is 5.43. The number of carbonyl (C=O) groups is 2. The van der Waals surface area contributed by atoms with Crippen LogP contribution in [0, 0.1) is 18.3 Å². The minimum atomic E-state index is -0.615. The maximum Gasteiger partial charge on any atom is 0.348 e. The Morgan fingerprint density at radius 1 is 1.21 bits per heavy atom. The lowest BCUT2D eigenvalue weighted by atomic mass is 10.1. The summed E-state index contributed by atoms with van der Waals surface area (Å²) >= 11 is 2.18. The van der Waals surface area contributed by atoms with Crippen LogP contribution in [-0.4, -0.2) is 43.9 Å². The molecule has 200 valence electrons. The summed E-state index contributed by atoms with van der Waals surface area (Å²) in [5.41, 5.74) is 1.30. The van der Waals surface area contributed by atoms with Gasteiger partial charge in [0.2, 0.25) is 0 Å². The number of fused-ring (bicyclic) bond motifs is 1. The highest BCUT2D eigenvalue weighted by molar-refractivity contribution is 7.18. The number of para-hydroxylation sites is 1. The molecule has 10 nitrogen and oxygen atoms in total. The van der Waals surface area contributed by atoms with Crippen molar-refractivity contribution in [1.29, 1.82) is 5.26 Å². The fourth-order valence-electron chi connectivity index (χ4n) is 3.58. The molecule has 0 unspecified atom stereocenters. The van der Waals surface area contributed by atoms with E-state index in [0.717, 1.165) is 16.7 Å². The maximum atomic E-state index is 12.7. The Hall–Kier alpha value is -4.31. The summed E-state index contributed by atoms with van der Waals surface area (Å²) in [5.74, 6) is -1.22. The van der Waals surface area contributed by atoms with Crippen molar-refractivity contribution in [3.63, 3.8) is 0 Å². The van der Waals surface area contributed by atoms with Crippen LogP contribution < -0.4 is 10.9 Å². The molecule has 0 aliphatic rings. The molecule has 3 heterocycles. The highest BCUT2D eigenvalue weighted by Gasteiger charge is 2.26. The average Bonchev–Trinajstić information content (AvgIpc) is 3.54. The molecule has 4 rings (SSSR count). The molecular weight excluding hydrogens is 542 g/mol. The molecule has 0 aliphatic carbocycles. The number of ether oxygens (including phenoxy) is 3. The van der Waals surface area contributed by atoms with Crippen molar-refractivity contribution in [2.24, 2.45) is 0 Å². The number of aromatic nitrogens is 1. The van der Waals surface area contributed by atoms with Gasteiger partial charge in [-0.2, -0.15) is 5.26 Å². The molecule has 0 atom stereocenters. The van der Waals surface area contributed by atoms with Gasteiger partial charge in [0.05, 0.1) is 30.0 Å². The van der Waals surface area contributed by atoms with E-state index in [1.807, 2.05) is 12.1 Å². The largest absolute Gasteiger partial charge is 0.462 e. The number of anilines is 1. The first-order valence-corrected chi connectivity index (χ1v) is 13.4. The van der Waals surface area contributed by atoms with E-state index in [2.05, 4.69) is 16.4 Å². The number of carbonyl (C=O) groups excluding carboxylic acids is 2. The Bertz CT molecular complexity index is 1660. The number of methoxy groups -OCH3 is 1. The van der Waals surface area contributed by atoms with Gasteiger partial charge in [-0.3, -0.25) is 0 Å². The number of nitriles is 1. The van der Waals surface area contributed by atoms with Crippen LogP contribution in [0.1, 0.15) is 37.5 Å². The summed E-state index contributed by atoms with van der Waals surface area (Å²) in [6.07, 6.45) is 1.39. The average molecular weight is 566 g/mol. The molecule has 39 heavy (non-hydrogen) atoms. The molecule has 1 aromatic carbocycles. The standard InChI is InChI=1S/C27H23N3O7S2/c1-4-35-26(32)21-15(2)22(27(33)36-10-9-34-3)39-24(21)29-13-17(12-28)23-30-19(14-38-23)18-11-16-7-5-6-8-20(16)37-25(18)31/h5-8,11,13-14,29H,4,9-10H2,1-3H3. The number of thiazole rings is 1. The van der Waals surface area contributed by atoms with E-state index in [4.69, 9.17) is 18.6 Å². The molecule has 0 amide bonds. The summed E-state index contributed by atoms with van der Waals surface area (Å²) in [6.45, 7) is 3.74. The van der Waals surface area contributed by atoms with Crippen molar-refractivity contribution in [3.05, 3.63) is 73.3 Å². The van der Waals surface area contributed by atoms with Crippen LogP contribution in [0.5, 0.6) is 0 Å². The summed E-state index contributed by atoms with van der Waals surface area (Å²) < 4.78 is 20.7. The highest BCUT2D eigenvalue weighted by atomic mass is 32.1. The molecule has 4 aromatic rings. The summed E-state index contributed by atoms with van der Waals surface area (Å²) in [6, 6.07) is 10.9. The number of benzene rings is 1. The normalized spacial score (nSPS) is 11.3. The van der Waals surface area contributed by atoms with E-state index >= 15 is 0 Å². The number of hydrogen-bond acceptors (Lipinski definition) is 12. The van der Waals surface area contributed by atoms with Crippen LogP contribution in [-0.2, 0) is 14.2 Å². The zero-order chi connectivity index (χ0) is 27.9. The second-order valence-electron chi connectivity index (χ2n) is 7.95. The second-order valence-corrected chi connectivity index (χ2v) is 9.83. The molecule has 0 radical (unpaired) electrons. The van der Waals surface area contributed by atoms with Crippen molar-refractivity contribution in [2.75, 3.05) is 32.2 Å². The van der Waals surface area contributed by atoms with E-state index in [1.165, 1.54) is 24.6 Å². The second kappa shape index (κ2) is 12.5. The smallest absolute Gasteiger partial charge is 0.348 e. The van der Waals surface area contributed by atoms with E-state index in [9.17, 15) is 19.6 Å². The molecule has 0 saturated carbocycles. The lowest BCUT2D eigenvalue weighted by Crippen LogP contribution is -2.11. The monoisotopic (exact) mass is 565 g/mol. The predicted octanol–water partition coefficient (Wildman–Crippen LogP) is 5.24. The summed E-state index contributed by atoms with van der Waals surface area (Å²) in [5, 5.41) is 15.8. The lowest BCUT2D eigenvalue weighted by molar-refractivity contribution is 0.0393. The van der Waals surface area contributed by atoms with Gasteiger partial charge in [0.15, 0.2) is 0 Å². The van der Waals surface area contributed by atoms with Gasteiger partial charge in [-0.1, -0.05) is 18.2 Å². The number of hydrogen-bond donors (Lipinski definition) is 1. The van der Waals surface area contributed by atoms with Gasteiger partial charge in [-0.05, 0) is 31.5 Å². The first-order chi connectivity index (χ1) is 18.9. The Balaban J connectivity index is 1.64. The lowest BCUT2D eigenvalue weighted by Gasteiger charge is -2.05. The molecule has 1 N–H and O–H groups in total. The van der Waals surface area contributed by atoms with Crippen LogP contribution in [0.4, 0.5) is 5.00 Å². The van der Waals surface area contributed by atoms with Gasteiger partial charge in [-0.25, -0.2) is 19.4 Å². The number of nitrogens with one attached hydrogen (secondary N) is 1. The Kier molecular flexibility index (Phi) is 8.88. The minimum Gasteiger partial charge on any atom is -0.462 e. The quantitative estimate of drug-likeness (QED) is 0.117. The van der Waals surface area contributed by atoms with Gasteiger partial charge in [0.25, 0.3) is 0 Å². The topological polar surface area (TPSA) is 141 Å². The number of allylic oxidation sites excluding steroid dienone is 1. The first kappa shape index (κ1) is 27.7. The number of rotatable bonds is 10. The fraction of sp³-hybridized carbons (Fsp3) is 0.222. The Morgan fingerprint density at radius 2 is 2.00 bits per heavy atom. The predicted molar refractivity (Wildman–Crippen MR) is 148 cm³/mol. The SMILES string of the molecule is CCOC(=O)c1c(NC=C(C#N)c2nc(-c3cc4ccccc4oc3=O)cs2)sc(C(=O)OCCOC)c1C. The first-order valence-electron chi connectivity index (χ1n) is 11.7. The molecular formula is C27H23N3O7S2. The van der Waals surface area contributed by atoms with Gasteiger partial charge in [0, 0.05) is 24.1 Å². The van der Waals surface area contributed by atoms with Crippen molar-refractivity contribution in [3.8, 4) is 17.3 Å². The zero-order valence-electron chi connectivity index (χ0n) is 21.2. The third kappa shape index (κ3) is 6.06. The molecule has 0 aliphatic heterocycles. The highest BCUT2D eigenvalue weighted by Crippen LogP contribution is 2.35. The minimum absolute atomic E-state index is 0.0601. The van der Waals surface area contributed by atoms with Crippen LogP contribution in [0.3, 0.4) is 0 Å². The number of nitrogens with zero attached hydrogens (tertiary/aromatic N) is 2. The summed E-state index contributed by atoms with van der Waals surface area (Å²) in [7, 11) is 1.49. The summed E-state index contributed by atoms with van der Waals surface area (Å²) in [4.78, 5) is 42.5. The van der Waals surface area contributed by atoms with Crippen LogP contribution >= 0.6 is 22.7 Å². The van der Waals surface area contributed by atoms with E-state index in [0.29, 0.717) is 26.8 Å². The van der Waals surface area contributed by atoms with E-state index in [-0.39, 0.29) is 41.4 Å². The van der Waals surface area contributed by atoms with Crippen LogP contribution in [0.25, 0.3) is 27.8 Å². The Labute approximate surface area is 231 Å². The maximum absolute atomic E-state index is 12.7. The van der Waals surface area contributed by atoms with Crippen molar-refractivity contribution < 1.29 is 28.2 Å². The third-order valence-electron chi connectivity index (χ3n) is 5.45. The van der Waals surface area contributed by atoms with Crippen LogP contribution in [0.15, 0.2) is 51.1 Å². The Morgan fingerprint density at radius 3 is 2.74 bits per heavy atom. The molecule has 0 bridgehead atoms. The van der Waals surface area contributed by atoms with Crippen molar-refractivity contribution in [2.45, 2.75) is 13.8 Å². The van der Waals surface area contributed by atoms with Crippen molar-refractivity contribution >= 4 is 56.2 Å². The molecule has 0 fully saturated rings. The van der Waals surface area contributed by atoms with E-state index in [1.54, 1.807) is 37.4 Å². The van der Waals surface area contributed by atoms with Crippen LogP contribution in [0.2, 0.25) is 0 Å². The molecule has 0 saturated heterocycles. The van der Waals surface area contributed by atoms with Gasteiger partial charge >= 0.3 is 17.6 Å².